The van der Waals surface area contributed by atoms with Crippen LogP contribution in [0.5, 0.6) is 0 Å². The second-order valence-corrected chi connectivity index (χ2v) is 5.76. The predicted molar refractivity (Wildman–Crippen MR) is 78.1 cm³/mol. The first-order valence-electron chi connectivity index (χ1n) is 6.26. The van der Waals surface area contributed by atoms with E-state index in [0.29, 0.717) is 21.3 Å². The fourth-order valence-corrected chi connectivity index (χ4v) is 2.76. The Labute approximate surface area is 125 Å². The highest BCUT2D eigenvalue weighted by Crippen LogP contribution is 2.26. The van der Waals surface area contributed by atoms with Crippen molar-refractivity contribution >= 4 is 22.4 Å². The van der Waals surface area contributed by atoms with E-state index in [1.54, 1.807) is 20.9 Å². The third-order valence-electron chi connectivity index (χ3n) is 3.33. The Morgan fingerprint density at radius 3 is 2.57 bits per heavy atom. The second-order valence-electron chi connectivity index (χ2n) is 4.73. The number of carbonyl (C=O) groups excluding carboxylic acids is 1. The number of hydrogen-bond acceptors (Lipinski definition) is 4. The smallest absolute Gasteiger partial charge is 0.266 e. The normalized spacial score (nSPS) is 12.2. The minimum absolute atomic E-state index is 0.251. The summed E-state index contributed by atoms with van der Waals surface area (Å²) in [6, 6.07) is 3.20. The van der Waals surface area contributed by atoms with Gasteiger partial charge >= 0.3 is 0 Å². The van der Waals surface area contributed by atoms with E-state index >= 15 is 0 Å². The lowest BCUT2D eigenvalue weighted by Gasteiger charge is -2.25. The van der Waals surface area contributed by atoms with Gasteiger partial charge in [0.1, 0.15) is 4.88 Å². The first-order chi connectivity index (χ1) is 9.81. The molecule has 112 valence electrons. The van der Waals surface area contributed by atoms with Crippen LogP contribution in [-0.4, -0.2) is 22.8 Å². The lowest BCUT2D eigenvalue weighted by molar-refractivity contribution is 0.0746. The molecule has 0 aliphatic carbocycles. The molecule has 1 heterocycles. The van der Waals surface area contributed by atoms with Gasteiger partial charge in [-0.1, -0.05) is 17.4 Å². The Kier molecular flexibility index (Phi) is 4.22. The van der Waals surface area contributed by atoms with Crippen LogP contribution < -0.4 is 5.73 Å². The van der Waals surface area contributed by atoms with Gasteiger partial charge in [-0.15, -0.1) is 0 Å². The summed E-state index contributed by atoms with van der Waals surface area (Å²) in [5.74, 6) is -2.09. The Morgan fingerprint density at radius 1 is 1.38 bits per heavy atom. The number of anilines is 1. The minimum Gasteiger partial charge on any atom is -0.375 e. The van der Waals surface area contributed by atoms with E-state index in [9.17, 15) is 13.6 Å². The maximum atomic E-state index is 13.3. The fourth-order valence-electron chi connectivity index (χ4n) is 1.95. The number of benzene rings is 1. The third-order valence-corrected chi connectivity index (χ3v) is 4.31. The molecule has 1 amide bonds. The first-order valence-corrected chi connectivity index (χ1v) is 7.08. The number of hydrogen-bond donors (Lipinski definition) is 1. The monoisotopic (exact) mass is 311 g/mol. The number of aromatic nitrogens is 1. The highest BCUT2D eigenvalue weighted by atomic mass is 32.1. The predicted octanol–water partition coefficient (Wildman–Crippen LogP) is 3.15. The molecule has 0 saturated carbocycles. The van der Waals surface area contributed by atoms with Crippen LogP contribution in [0.1, 0.15) is 33.9 Å². The summed E-state index contributed by atoms with van der Waals surface area (Å²) < 4.78 is 26.3. The van der Waals surface area contributed by atoms with Crippen molar-refractivity contribution in [1.29, 1.82) is 0 Å². The van der Waals surface area contributed by atoms with Crippen molar-refractivity contribution < 1.29 is 13.6 Å². The van der Waals surface area contributed by atoms with Gasteiger partial charge in [-0.2, -0.15) is 0 Å². The molecule has 1 unspecified atom stereocenters. The topological polar surface area (TPSA) is 59.2 Å². The van der Waals surface area contributed by atoms with Crippen LogP contribution in [-0.2, 0) is 0 Å². The van der Waals surface area contributed by atoms with Crippen molar-refractivity contribution in [2.75, 3.05) is 12.8 Å². The summed E-state index contributed by atoms with van der Waals surface area (Å²) in [5, 5.41) is 0.324. The standard InChI is InChI=1S/C14H15F2N3OS/c1-7-12(21-14(17)18-7)13(20)19(3)8(2)9-4-5-10(15)11(16)6-9/h4-6,8H,1-3H3,(H2,17,18). The number of aryl methyl sites for hydroxylation is 1. The Bertz CT molecular complexity index is 687. The van der Waals surface area contributed by atoms with Gasteiger partial charge < -0.3 is 10.6 Å². The molecule has 4 nitrogen and oxygen atoms in total. The second kappa shape index (κ2) is 5.77. The molecule has 2 rings (SSSR count). The average molecular weight is 311 g/mol. The zero-order chi connectivity index (χ0) is 15.7. The van der Waals surface area contributed by atoms with Crippen molar-refractivity contribution in [3.8, 4) is 0 Å². The third kappa shape index (κ3) is 3.02. The van der Waals surface area contributed by atoms with Crippen molar-refractivity contribution in [3.63, 3.8) is 0 Å². The van der Waals surface area contributed by atoms with Crippen LogP contribution in [0.15, 0.2) is 18.2 Å². The average Bonchev–Trinajstić information content (AvgIpc) is 2.78. The summed E-state index contributed by atoms with van der Waals surface area (Å²) in [6.45, 7) is 3.44. The molecular formula is C14H15F2N3OS. The highest BCUT2D eigenvalue weighted by Gasteiger charge is 2.23. The summed E-state index contributed by atoms with van der Waals surface area (Å²) in [7, 11) is 1.60. The van der Waals surface area contributed by atoms with Gasteiger partial charge in [0.15, 0.2) is 16.8 Å². The van der Waals surface area contributed by atoms with E-state index < -0.39 is 17.7 Å². The van der Waals surface area contributed by atoms with Gasteiger partial charge in [0.05, 0.1) is 11.7 Å². The molecule has 1 atom stereocenters. The summed E-state index contributed by atoms with van der Waals surface area (Å²) in [5.41, 5.74) is 6.66. The van der Waals surface area contributed by atoms with Crippen LogP contribution in [0, 0.1) is 18.6 Å². The molecule has 1 aromatic heterocycles. The summed E-state index contributed by atoms with van der Waals surface area (Å²) in [4.78, 5) is 18.3. The fraction of sp³-hybridized carbons (Fsp3) is 0.286. The van der Waals surface area contributed by atoms with Crippen LogP contribution >= 0.6 is 11.3 Å². The molecule has 0 bridgehead atoms. The lowest BCUT2D eigenvalue weighted by Crippen LogP contribution is -2.29. The van der Waals surface area contributed by atoms with Gasteiger partial charge in [0.2, 0.25) is 0 Å². The number of nitrogens with zero attached hydrogens (tertiary/aromatic N) is 2. The van der Waals surface area contributed by atoms with Gasteiger partial charge in [-0.3, -0.25) is 4.79 Å². The van der Waals surface area contributed by atoms with Gasteiger partial charge in [0, 0.05) is 7.05 Å². The number of halogens is 2. The molecule has 7 heteroatoms. The molecule has 0 aliphatic rings. The zero-order valence-electron chi connectivity index (χ0n) is 11.9. The Balaban J connectivity index is 2.26. The van der Waals surface area contributed by atoms with Crippen molar-refractivity contribution in [3.05, 3.63) is 46.0 Å². The highest BCUT2D eigenvalue weighted by molar-refractivity contribution is 7.17. The molecule has 1 aromatic carbocycles. The largest absolute Gasteiger partial charge is 0.375 e. The van der Waals surface area contributed by atoms with E-state index in [1.165, 1.54) is 11.0 Å². The molecular weight excluding hydrogens is 296 g/mol. The van der Waals surface area contributed by atoms with Gasteiger partial charge in [-0.25, -0.2) is 13.8 Å². The van der Waals surface area contributed by atoms with Crippen LogP contribution in [0.2, 0.25) is 0 Å². The number of rotatable bonds is 3. The zero-order valence-corrected chi connectivity index (χ0v) is 12.7. The van der Waals surface area contributed by atoms with Gasteiger partial charge in [-0.05, 0) is 31.5 Å². The van der Waals surface area contributed by atoms with E-state index in [2.05, 4.69) is 4.98 Å². The van der Waals surface area contributed by atoms with E-state index in [-0.39, 0.29) is 5.91 Å². The molecule has 0 aliphatic heterocycles. The number of nitrogens with two attached hydrogens (primary N) is 1. The van der Waals surface area contributed by atoms with E-state index in [0.717, 1.165) is 23.5 Å². The molecule has 2 N–H and O–H groups in total. The Morgan fingerprint density at radius 2 is 2.05 bits per heavy atom. The van der Waals surface area contributed by atoms with E-state index in [4.69, 9.17) is 5.73 Å². The van der Waals surface area contributed by atoms with Crippen molar-refractivity contribution in [2.45, 2.75) is 19.9 Å². The Hall–Kier alpha value is -2.02. The van der Waals surface area contributed by atoms with Crippen LogP contribution in [0.4, 0.5) is 13.9 Å². The van der Waals surface area contributed by atoms with Crippen molar-refractivity contribution in [2.24, 2.45) is 0 Å². The number of thiazole rings is 1. The quantitative estimate of drug-likeness (QED) is 0.947. The molecule has 0 fully saturated rings. The SMILES string of the molecule is Cc1nc(N)sc1C(=O)N(C)C(C)c1ccc(F)c(F)c1. The van der Waals surface area contributed by atoms with Gasteiger partial charge in [0.25, 0.3) is 5.91 Å². The molecule has 2 aromatic rings. The first kappa shape index (κ1) is 15.4. The molecule has 0 spiro atoms. The summed E-state index contributed by atoms with van der Waals surface area (Å²) in [6.07, 6.45) is 0. The van der Waals surface area contributed by atoms with Crippen LogP contribution in [0.3, 0.4) is 0 Å². The summed E-state index contributed by atoms with van der Waals surface area (Å²) >= 11 is 1.11. The van der Waals surface area contributed by atoms with Crippen LogP contribution in [0.25, 0.3) is 0 Å². The van der Waals surface area contributed by atoms with Crippen molar-refractivity contribution in [1.82, 2.24) is 9.88 Å². The van der Waals surface area contributed by atoms with E-state index in [1.807, 2.05) is 0 Å². The number of nitrogen functional groups attached to an aromatic ring is 1. The number of amides is 1. The number of carbonyl (C=O) groups is 1. The maximum Gasteiger partial charge on any atom is 0.266 e. The minimum atomic E-state index is -0.932. The molecule has 0 saturated heterocycles. The molecule has 21 heavy (non-hydrogen) atoms. The lowest BCUT2D eigenvalue weighted by atomic mass is 10.1. The maximum absolute atomic E-state index is 13.3. The molecule has 0 radical (unpaired) electrons.